The lowest BCUT2D eigenvalue weighted by atomic mass is 9.77. The molecule has 3 aromatic carbocycles. The molecule has 31 heavy (non-hydrogen) atoms. The predicted molar refractivity (Wildman–Crippen MR) is 109 cm³/mol. The molecule has 0 saturated carbocycles. The highest BCUT2D eigenvalue weighted by molar-refractivity contribution is 7.81. The molecule has 8 nitrogen and oxygen atoms in total. The summed E-state index contributed by atoms with van der Waals surface area (Å²) in [4.78, 5) is 12.9. The fourth-order valence-electron chi connectivity index (χ4n) is 3.89. The quantitative estimate of drug-likeness (QED) is 0.407. The van der Waals surface area contributed by atoms with Gasteiger partial charge in [0.15, 0.2) is 5.60 Å². The Hall–Kier alpha value is -2.98. The molecule has 0 aliphatic carbocycles. The highest BCUT2D eigenvalue weighted by Gasteiger charge is 2.54. The fourth-order valence-corrected chi connectivity index (χ4v) is 4.64. The maximum Gasteiger partial charge on any atom is 0.446 e. The minimum atomic E-state index is -4.78. The van der Waals surface area contributed by atoms with Crippen molar-refractivity contribution in [2.45, 2.75) is 5.60 Å². The number of aromatic hydroxyl groups is 1. The summed E-state index contributed by atoms with van der Waals surface area (Å²) >= 11 is 12.4. The van der Waals surface area contributed by atoms with Gasteiger partial charge in [0, 0.05) is 28.8 Å². The van der Waals surface area contributed by atoms with Gasteiger partial charge < -0.3 is 18.8 Å². The Morgan fingerprint density at radius 2 is 1.58 bits per heavy atom. The van der Waals surface area contributed by atoms with Gasteiger partial charge in [-0.3, -0.25) is 4.55 Å². The number of ether oxygens (including phenoxy) is 2. The Morgan fingerprint density at radius 3 is 2.29 bits per heavy atom. The second kappa shape index (κ2) is 6.51. The molecule has 0 aromatic heterocycles. The average molecular weight is 481 g/mol. The highest BCUT2D eigenvalue weighted by atomic mass is 35.5. The van der Waals surface area contributed by atoms with Crippen molar-refractivity contribution in [1.29, 1.82) is 0 Å². The Balaban J connectivity index is 1.83. The van der Waals surface area contributed by atoms with E-state index in [0.717, 1.165) is 0 Å². The lowest BCUT2D eigenvalue weighted by molar-refractivity contribution is 0.0224. The van der Waals surface area contributed by atoms with Crippen LogP contribution in [0.2, 0.25) is 10.0 Å². The Bertz CT molecular complexity index is 1400. The molecule has 5 rings (SSSR count). The molecule has 0 saturated heterocycles. The van der Waals surface area contributed by atoms with Crippen molar-refractivity contribution in [3.05, 3.63) is 80.8 Å². The Labute approximate surface area is 185 Å². The summed E-state index contributed by atoms with van der Waals surface area (Å²) in [6.07, 6.45) is 0. The lowest BCUT2D eigenvalue weighted by Crippen LogP contribution is -2.33. The number of esters is 1. The van der Waals surface area contributed by atoms with Crippen molar-refractivity contribution in [2.24, 2.45) is 0 Å². The van der Waals surface area contributed by atoms with Crippen LogP contribution in [0.5, 0.6) is 23.0 Å². The molecule has 2 heterocycles. The summed E-state index contributed by atoms with van der Waals surface area (Å²) in [6, 6.07) is 11.3. The molecule has 11 heteroatoms. The molecule has 1 spiro atoms. The van der Waals surface area contributed by atoms with Gasteiger partial charge in [-0.05, 0) is 30.3 Å². The molecule has 1 atom stereocenters. The molecular formula is C20H10Cl2O8S. The monoisotopic (exact) mass is 480 g/mol. The fraction of sp³-hybridized carbons (Fsp3) is 0.0500. The van der Waals surface area contributed by atoms with E-state index >= 15 is 0 Å². The van der Waals surface area contributed by atoms with E-state index in [2.05, 4.69) is 4.18 Å². The third kappa shape index (κ3) is 2.93. The third-order valence-electron chi connectivity index (χ3n) is 5.02. The maximum atomic E-state index is 12.9. The number of carbonyl (C=O) groups is 1. The van der Waals surface area contributed by atoms with E-state index < -0.39 is 22.0 Å². The van der Waals surface area contributed by atoms with E-state index in [1.807, 2.05) is 0 Å². The first-order valence-electron chi connectivity index (χ1n) is 8.65. The van der Waals surface area contributed by atoms with Gasteiger partial charge in [-0.2, -0.15) is 8.42 Å². The van der Waals surface area contributed by atoms with Crippen LogP contribution in [0.3, 0.4) is 0 Å². The van der Waals surface area contributed by atoms with E-state index in [1.54, 1.807) is 12.1 Å². The number of hydrogen-bond acceptors (Lipinski definition) is 7. The number of phenolic OH excluding ortho intramolecular Hbond substituents is 1. The molecule has 158 valence electrons. The number of fused-ring (bicyclic) bond motifs is 6. The summed E-state index contributed by atoms with van der Waals surface area (Å²) in [5.74, 6) is -0.832. The number of phenols is 1. The van der Waals surface area contributed by atoms with Gasteiger partial charge in [0.1, 0.15) is 23.0 Å². The average Bonchev–Trinajstić information content (AvgIpc) is 2.96. The minimum Gasteiger partial charge on any atom is -0.508 e. The predicted octanol–water partition coefficient (Wildman–Crippen LogP) is 4.45. The molecule has 1 unspecified atom stereocenters. The van der Waals surface area contributed by atoms with Crippen molar-refractivity contribution in [2.75, 3.05) is 0 Å². The number of hydrogen-bond donors (Lipinski definition) is 2. The normalized spacial score (nSPS) is 18.6. The summed E-state index contributed by atoms with van der Waals surface area (Å²) in [5.41, 5.74) is -0.273. The van der Waals surface area contributed by atoms with Crippen LogP contribution >= 0.6 is 23.2 Å². The van der Waals surface area contributed by atoms with Crippen LogP contribution < -0.4 is 8.92 Å². The molecule has 0 radical (unpaired) electrons. The van der Waals surface area contributed by atoms with Gasteiger partial charge >= 0.3 is 16.4 Å². The van der Waals surface area contributed by atoms with Gasteiger partial charge in [0.05, 0.1) is 15.6 Å². The third-order valence-corrected chi connectivity index (χ3v) is 6.23. The van der Waals surface area contributed by atoms with Gasteiger partial charge in [0.2, 0.25) is 0 Å². The zero-order valence-electron chi connectivity index (χ0n) is 15.1. The van der Waals surface area contributed by atoms with Crippen molar-refractivity contribution >= 4 is 39.6 Å². The van der Waals surface area contributed by atoms with Crippen LogP contribution in [0, 0.1) is 0 Å². The van der Waals surface area contributed by atoms with Crippen LogP contribution in [0.1, 0.15) is 27.0 Å². The SMILES string of the molecule is O=C1OC2(c3ccc(O)cc3Oc3cc(OS(=O)(=O)O)ccc32)c2ccc(Cl)c(Cl)c21. The van der Waals surface area contributed by atoms with Crippen molar-refractivity contribution in [3.8, 4) is 23.0 Å². The molecule has 0 fully saturated rings. The van der Waals surface area contributed by atoms with Crippen LogP contribution in [0.4, 0.5) is 0 Å². The smallest absolute Gasteiger partial charge is 0.446 e. The largest absolute Gasteiger partial charge is 0.508 e. The van der Waals surface area contributed by atoms with Crippen molar-refractivity contribution in [1.82, 2.24) is 0 Å². The van der Waals surface area contributed by atoms with Gasteiger partial charge in [0.25, 0.3) is 0 Å². The van der Waals surface area contributed by atoms with Gasteiger partial charge in [-0.15, -0.1) is 0 Å². The van der Waals surface area contributed by atoms with Crippen LogP contribution in [-0.2, 0) is 20.7 Å². The van der Waals surface area contributed by atoms with Gasteiger partial charge in [-0.25, -0.2) is 4.79 Å². The van der Waals surface area contributed by atoms with Crippen LogP contribution in [0.15, 0.2) is 48.5 Å². The van der Waals surface area contributed by atoms with E-state index in [9.17, 15) is 18.3 Å². The van der Waals surface area contributed by atoms with E-state index in [1.165, 1.54) is 36.4 Å². The van der Waals surface area contributed by atoms with Crippen LogP contribution in [0.25, 0.3) is 0 Å². The second-order valence-electron chi connectivity index (χ2n) is 6.81. The van der Waals surface area contributed by atoms with E-state index in [4.69, 9.17) is 37.2 Å². The molecule has 0 amide bonds. The van der Waals surface area contributed by atoms with Crippen molar-refractivity contribution < 1.29 is 36.5 Å². The first kappa shape index (κ1) is 20.0. The lowest BCUT2D eigenvalue weighted by Gasteiger charge is -2.36. The maximum absolute atomic E-state index is 12.9. The highest BCUT2D eigenvalue weighted by Crippen LogP contribution is 2.58. The zero-order chi connectivity index (χ0) is 22.1. The molecule has 2 aliphatic rings. The number of carbonyl (C=O) groups excluding carboxylic acids is 1. The molecule has 0 bridgehead atoms. The summed E-state index contributed by atoms with van der Waals surface area (Å²) in [6.45, 7) is 0. The van der Waals surface area contributed by atoms with Crippen LogP contribution in [-0.4, -0.2) is 24.0 Å². The number of halogens is 2. The standard InChI is InChI=1S/C20H10Cl2O8S/c21-14-6-5-13-17(18(14)22)19(24)29-20(13)11-3-1-9(23)7-15(11)28-16-8-10(2-4-12(16)20)30-31(25,26)27/h1-8,23H,(H,25,26,27). The second-order valence-corrected chi connectivity index (χ2v) is 8.61. The summed E-state index contributed by atoms with van der Waals surface area (Å²) in [5, 5.41) is 10.1. The van der Waals surface area contributed by atoms with E-state index in [-0.39, 0.29) is 38.6 Å². The summed E-state index contributed by atoms with van der Waals surface area (Å²) in [7, 11) is -4.78. The Kier molecular flexibility index (Phi) is 4.19. The molecular weight excluding hydrogens is 471 g/mol. The van der Waals surface area contributed by atoms with Gasteiger partial charge in [-0.1, -0.05) is 29.3 Å². The topological polar surface area (TPSA) is 119 Å². The van der Waals surface area contributed by atoms with Crippen molar-refractivity contribution in [3.63, 3.8) is 0 Å². The number of benzene rings is 3. The first-order chi connectivity index (χ1) is 14.6. The molecule has 2 N–H and O–H groups in total. The molecule has 2 aliphatic heterocycles. The van der Waals surface area contributed by atoms with E-state index in [0.29, 0.717) is 16.7 Å². The summed E-state index contributed by atoms with van der Waals surface area (Å²) < 4.78 is 47.4. The Morgan fingerprint density at radius 1 is 0.935 bits per heavy atom. The zero-order valence-corrected chi connectivity index (χ0v) is 17.5. The molecule has 3 aromatic rings. The minimum absolute atomic E-state index is 0.0285. The first-order valence-corrected chi connectivity index (χ1v) is 10.8. The number of rotatable bonds is 2.